The van der Waals surface area contributed by atoms with E-state index in [2.05, 4.69) is 4.98 Å². The second kappa shape index (κ2) is 6.92. The lowest BCUT2D eigenvalue weighted by atomic mass is 9.98. The number of aromatic nitrogens is 1. The van der Waals surface area contributed by atoms with E-state index in [1.54, 1.807) is 31.5 Å². The van der Waals surface area contributed by atoms with Crippen LogP contribution >= 0.6 is 0 Å². The van der Waals surface area contributed by atoms with Crippen molar-refractivity contribution in [3.05, 3.63) is 58.6 Å². The molecule has 1 fully saturated rings. The number of benzene rings is 1. The molecule has 0 unspecified atom stereocenters. The highest BCUT2D eigenvalue weighted by atomic mass is 16.5. The van der Waals surface area contributed by atoms with Crippen molar-refractivity contribution in [3.63, 3.8) is 0 Å². The maximum absolute atomic E-state index is 12.9. The van der Waals surface area contributed by atoms with E-state index in [4.69, 9.17) is 4.74 Å². The Balaban J connectivity index is 1.71. The Morgan fingerprint density at radius 1 is 1.31 bits per heavy atom. The molecule has 1 aromatic carbocycles. The lowest BCUT2D eigenvalue weighted by Gasteiger charge is -2.26. The molecule has 4 rings (SSSR count). The van der Waals surface area contributed by atoms with Crippen molar-refractivity contribution in [2.24, 2.45) is 0 Å². The third-order valence-electron chi connectivity index (χ3n) is 5.17. The van der Waals surface area contributed by atoms with E-state index >= 15 is 0 Å². The number of carbonyl (C=O) groups is 1. The van der Waals surface area contributed by atoms with Crippen LogP contribution in [0.2, 0.25) is 0 Å². The number of piperidine rings is 1. The molecule has 2 aliphatic rings. The molecule has 3 heterocycles. The summed E-state index contributed by atoms with van der Waals surface area (Å²) < 4.78 is 5.93. The summed E-state index contributed by atoms with van der Waals surface area (Å²) in [6.07, 6.45) is 8.68. The Hall–Kier alpha value is -2.66. The van der Waals surface area contributed by atoms with Crippen molar-refractivity contribution in [1.29, 1.82) is 0 Å². The molecule has 0 bridgehead atoms. The Morgan fingerprint density at radius 2 is 2.12 bits per heavy atom. The molecule has 134 valence electrons. The van der Waals surface area contributed by atoms with Crippen LogP contribution in [0.5, 0.6) is 11.5 Å². The molecule has 1 saturated heterocycles. The van der Waals surface area contributed by atoms with Gasteiger partial charge < -0.3 is 14.7 Å². The average Bonchev–Trinajstić information content (AvgIpc) is 2.97. The molecule has 2 aromatic rings. The molecule has 0 amide bonds. The quantitative estimate of drug-likeness (QED) is 0.855. The SMILES string of the molecule is Cc1cc([O-])c(C[NH+]2CCCCC2)c2c1C(=O)/C(=C/c1cccnc1)O2. The summed E-state index contributed by atoms with van der Waals surface area (Å²) in [5.41, 5.74) is 2.64. The van der Waals surface area contributed by atoms with Crippen molar-refractivity contribution in [3.8, 4) is 11.5 Å². The second-order valence-electron chi connectivity index (χ2n) is 7.09. The number of carbonyl (C=O) groups excluding carboxylic acids is 1. The fourth-order valence-electron chi connectivity index (χ4n) is 3.83. The van der Waals surface area contributed by atoms with Crippen LogP contribution in [0.15, 0.2) is 36.4 Å². The molecule has 5 nitrogen and oxygen atoms in total. The number of pyridine rings is 1. The van der Waals surface area contributed by atoms with Gasteiger partial charge >= 0.3 is 0 Å². The molecule has 26 heavy (non-hydrogen) atoms. The summed E-state index contributed by atoms with van der Waals surface area (Å²) in [4.78, 5) is 18.3. The fourth-order valence-corrected chi connectivity index (χ4v) is 3.83. The average molecular weight is 350 g/mol. The van der Waals surface area contributed by atoms with Gasteiger partial charge in [0, 0.05) is 18.0 Å². The van der Waals surface area contributed by atoms with Gasteiger partial charge in [0.1, 0.15) is 12.3 Å². The molecule has 0 aliphatic carbocycles. The van der Waals surface area contributed by atoms with Gasteiger partial charge in [-0.15, -0.1) is 0 Å². The van der Waals surface area contributed by atoms with Crippen LogP contribution in [-0.2, 0) is 6.54 Å². The van der Waals surface area contributed by atoms with E-state index in [0.29, 0.717) is 29.0 Å². The van der Waals surface area contributed by atoms with Gasteiger partial charge in [0.25, 0.3) is 0 Å². The summed E-state index contributed by atoms with van der Waals surface area (Å²) in [5, 5.41) is 12.6. The minimum atomic E-state index is -0.156. The standard InChI is InChI=1S/C21H22N2O3/c1-14-10-17(24)16(13-23-8-3-2-4-9-23)21-19(14)20(25)18(26-21)11-15-6-5-7-22-12-15/h5-7,10-12,24H,2-4,8-9,13H2,1H3/b18-11-. The van der Waals surface area contributed by atoms with Gasteiger partial charge in [0.2, 0.25) is 5.78 Å². The summed E-state index contributed by atoms with van der Waals surface area (Å²) >= 11 is 0. The summed E-state index contributed by atoms with van der Waals surface area (Å²) in [6, 6.07) is 5.25. The Morgan fingerprint density at radius 3 is 2.85 bits per heavy atom. The first-order valence-electron chi connectivity index (χ1n) is 9.15. The number of ether oxygens (including phenoxy) is 1. The van der Waals surface area contributed by atoms with Crippen LogP contribution < -0.4 is 14.7 Å². The third-order valence-corrected chi connectivity index (χ3v) is 5.17. The minimum Gasteiger partial charge on any atom is -0.872 e. The Bertz CT molecular complexity index is 869. The number of aryl methyl sites for hydroxylation is 1. The number of quaternary nitrogens is 1. The molecule has 0 atom stereocenters. The normalized spacial score (nSPS) is 18.8. The van der Waals surface area contributed by atoms with Crippen LogP contribution in [0, 0.1) is 6.92 Å². The van der Waals surface area contributed by atoms with Gasteiger partial charge in [0.15, 0.2) is 5.76 Å². The zero-order valence-corrected chi connectivity index (χ0v) is 14.9. The second-order valence-corrected chi connectivity index (χ2v) is 7.09. The van der Waals surface area contributed by atoms with E-state index in [1.165, 1.54) is 24.2 Å². The number of rotatable bonds is 3. The van der Waals surface area contributed by atoms with Gasteiger partial charge in [-0.1, -0.05) is 17.9 Å². The number of likely N-dealkylation sites (tertiary alicyclic amines) is 1. The van der Waals surface area contributed by atoms with Crippen molar-refractivity contribution < 1.29 is 19.5 Å². The minimum absolute atomic E-state index is 0.0326. The van der Waals surface area contributed by atoms with Crippen LogP contribution in [-0.4, -0.2) is 23.9 Å². The predicted molar refractivity (Wildman–Crippen MR) is 96.0 cm³/mol. The molecule has 5 heteroatoms. The summed E-state index contributed by atoms with van der Waals surface area (Å²) in [7, 11) is 0. The van der Waals surface area contributed by atoms with E-state index in [0.717, 1.165) is 18.7 Å². The molecule has 1 aromatic heterocycles. The largest absolute Gasteiger partial charge is 0.872 e. The van der Waals surface area contributed by atoms with Gasteiger partial charge in [-0.2, -0.15) is 0 Å². The molecular weight excluding hydrogens is 328 g/mol. The first-order valence-corrected chi connectivity index (χ1v) is 9.15. The van der Waals surface area contributed by atoms with Gasteiger partial charge in [-0.3, -0.25) is 9.78 Å². The number of Topliss-reactive ketones (excluding diaryl/α,β-unsaturated/α-hetero) is 1. The van der Waals surface area contributed by atoms with Crippen LogP contribution in [0.1, 0.15) is 46.3 Å². The number of hydrogen-bond donors (Lipinski definition) is 1. The van der Waals surface area contributed by atoms with Crippen molar-refractivity contribution in [2.75, 3.05) is 13.1 Å². The molecule has 0 spiro atoms. The Labute approximate surface area is 152 Å². The van der Waals surface area contributed by atoms with Crippen molar-refractivity contribution in [1.82, 2.24) is 4.98 Å². The summed E-state index contributed by atoms with van der Waals surface area (Å²) in [5.74, 6) is 0.538. The predicted octanol–water partition coefficient (Wildman–Crippen LogP) is 1.65. The number of ketones is 1. The highest BCUT2D eigenvalue weighted by Gasteiger charge is 2.33. The fraction of sp³-hybridized carbons (Fsp3) is 0.333. The molecule has 0 radical (unpaired) electrons. The van der Waals surface area contributed by atoms with E-state index in [-0.39, 0.29) is 17.3 Å². The van der Waals surface area contributed by atoms with E-state index < -0.39 is 0 Å². The van der Waals surface area contributed by atoms with Gasteiger partial charge in [0.05, 0.1) is 18.7 Å². The number of fused-ring (bicyclic) bond motifs is 1. The van der Waals surface area contributed by atoms with Crippen molar-refractivity contribution >= 4 is 11.9 Å². The lowest BCUT2D eigenvalue weighted by molar-refractivity contribution is -0.918. The molecular formula is C21H22N2O3. The van der Waals surface area contributed by atoms with E-state index in [9.17, 15) is 9.90 Å². The number of hydrogen-bond acceptors (Lipinski definition) is 4. The monoisotopic (exact) mass is 350 g/mol. The van der Waals surface area contributed by atoms with Crippen LogP contribution in [0.3, 0.4) is 0 Å². The molecule has 1 N–H and O–H groups in total. The number of nitrogens with one attached hydrogen (secondary N) is 1. The zero-order valence-electron chi connectivity index (χ0n) is 14.9. The summed E-state index contributed by atoms with van der Waals surface area (Å²) in [6.45, 7) is 4.55. The smallest absolute Gasteiger partial charge is 0.232 e. The van der Waals surface area contributed by atoms with Crippen LogP contribution in [0.4, 0.5) is 0 Å². The first-order chi connectivity index (χ1) is 12.6. The Kier molecular flexibility index (Phi) is 4.47. The van der Waals surface area contributed by atoms with Gasteiger partial charge in [-0.05, 0) is 49.5 Å². The van der Waals surface area contributed by atoms with Crippen LogP contribution in [0.25, 0.3) is 6.08 Å². The van der Waals surface area contributed by atoms with E-state index in [1.807, 2.05) is 12.1 Å². The zero-order chi connectivity index (χ0) is 18.1. The van der Waals surface area contributed by atoms with Crippen molar-refractivity contribution in [2.45, 2.75) is 32.7 Å². The third kappa shape index (κ3) is 3.10. The lowest BCUT2D eigenvalue weighted by Crippen LogP contribution is -3.11. The van der Waals surface area contributed by atoms with Gasteiger partial charge in [-0.25, -0.2) is 0 Å². The topological polar surface area (TPSA) is 66.7 Å². The highest BCUT2D eigenvalue weighted by molar-refractivity contribution is 6.15. The number of allylic oxidation sites excluding steroid dienone is 1. The maximum atomic E-state index is 12.9. The molecule has 2 aliphatic heterocycles. The maximum Gasteiger partial charge on any atom is 0.232 e. The molecule has 0 saturated carbocycles. The number of nitrogens with zero attached hydrogens (tertiary/aromatic N) is 1. The highest BCUT2D eigenvalue weighted by Crippen LogP contribution is 2.40. The first kappa shape index (κ1) is 16.8.